The number of allylic oxidation sites excluding steroid dienone is 2. The Labute approximate surface area is 61.1 Å². The standard InChI is InChI=1S/C8H13NO/c1-8(2)4-3-6(9)5-7(8)10/h5H,3-4,9H2,1-2H3. The lowest BCUT2D eigenvalue weighted by Crippen LogP contribution is -2.27. The molecule has 0 radical (unpaired) electrons. The van der Waals surface area contributed by atoms with E-state index in [-0.39, 0.29) is 11.2 Å². The Hall–Kier alpha value is -0.790. The fourth-order valence-electron chi connectivity index (χ4n) is 1.02. The van der Waals surface area contributed by atoms with Crippen molar-refractivity contribution in [1.29, 1.82) is 0 Å². The molecule has 0 atom stereocenters. The van der Waals surface area contributed by atoms with Crippen molar-refractivity contribution < 1.29 is 4.79 Å². The molecule has 0 heterocycles. The molecule has 0 unspecified atom stereocenters. The molecule has 0 bridgehead atoms. The Kier molecular flexibility index (Phi) is 1.55. The van der Waals surface area contributed by atoms with Crippen LogP contribution in [0.25, 0.3) is 0 Å². The number of nitrogens with two attached hydrogens (primary N) is 1. The van der Waals surface area contributed by atoms with Crippen LogP contribution in [0.2, 0.25) is 0 Å². The van der Waals surface area contributed by atoms with E-state index in [4.69, 9.17) is 5.73 Å². The van der Waals surface area contributed by atoms with Gasteiger partial charge in [0.1, 0.15) is 0 Å². The van der Waals surface area contributed by atoms with Crippen molar-refractivity contribution in [2.45, 2.75) is 26.7 Å². The summed E-state index contributed by atoms with van der Waals surface area (Å²) in [7, 11) is 0. The summed E-state index contributed by atoms with van der Waals surface area (Å²) in [6, 6.07) is 0. The van der Waals surface area contributed by atoms with Gasteiger partial charge in [0, 0.05) is 17.2 Å². The van der Waals surface area contributed by atoms with Gasteiger partial charge in [-0.05, 0) is 12.8 Å². The van der Waals surface area contributed by atoms with E-state index in [0.29, 0.717) is 0 Å². The first-order chi connectivity index (χ1) is 4.52. The van der Waals surface area contributed by atoms with Gasteiger partial charge in [0.05, 0.1) is 0 Å². The lowest BCUT2D eigenvalue weighted by molar-refractivity contribution is -0.123. The van der Waals surface area contributed by atoms with Crippen LogP contribution < -0.4 is 5.73 Å². The topological polar surface area (TPSA) is 43.1 Å². The van der Waals surface area contributed by atoms with Crippen LogP contribution in [0.5, 0.6) is 0 Å². The third kappa shape index (κ3) is 1.20. The summed E-state index contributed by atoms with van der Waals surface area (Å²) in [5.74, 6) is 0.163. The molecular weight excluding hydrogens is 126 g/mol. The summed E-state index contributed by atoms with van der Waals surface area (Å²) in [5.41, 5.74) is 6.04. The van der Waals surface area contributed by atoms with E-state index in [1.54, 1.807) is 6.08 Å². The molecule has 1 rings (SSSR count). The average Bonchev–Trinajstić information content (AvgIpc) is 1.81. The molecule has 2 nitrogen and oxygen atoms in total. The summed E-state index contributed by atoms with van der Waals surface area (Å²) in [6.07, 6.45) is 3.30. The van der Waals surface area contributed by atoms with Gasteiger partial charge < -0.3 is 5.73 Å². The highest BCUT2D eigenvalue weighted by molar-refractivity contribution is 5.95. The molecule has 10 heavy (non-hydrogen) atoms. The van der Waals surface area contributed by atoms with E-state index in [1.807, 2.05) is 13.8 Å². The minimum atomic E-state index is -0.178. The Morgan fingerprint density at radius 2 is 2.20 bits per heavy atom. The predicted molar refractivity (Wildman–Crippen MR) is 40.3 cm³/mol. The first-order valence-electron chi connectivity index (χ1n) is 3.53. The van der Waals surface area contributed by atoms with E-state index in [0.717, 1.165) is 18.5 Å². The van der Waals surface area contributed by atoms with Crippen LogP contribution in [-0.4, -0.2) is 5.78 Å². The van der Waals surface area contributed by atoms with Gasteiger partial charge in [-0.1, -0.05) is 13.8 Å². The van der Waals surface area contributed by atoms with Gasteiger partial charge in [-0.3, -0.25) is 4.79 Å². The SMILES string of the molecule is CC1(C)CCC(N)=CC1=O. The summed E-state index contributed by atoms with van der Waals surface area (Å²) >= 11 is 0. The Balaban J connectivity index is 2.84. The van der Waals surface area contributed by atoms with Gasteiger partial charge >= 0.3 is 0 Å². The van der Waals surface area contributed by atoms with Gasteiger partial charge in [0.25, 0.3) is 0 Å². The Morgan fingerprint density at radius 3 is 2.60 bits per heavy atom. The largest absolute Gasteiger partial charge is 0.402 e. The van der Waals surface area contributed by atoms with E-state index in [1.165, 1.54) is 0 Å². The molecule has 0 amide bonds. The molecule has 0 aromatic heterocycles. The summed E-state index contributed by atoms with van der Waals surface area (Å²) in [5, 5.41) is 0. The van der Waals surface area contributed by atoms with Crippen LogP contribution >= 0.6 is 0 Å². The number of ketones is 1. The van der Waals surface area contributed by atoms with Gasteiger partial charge in [0.2, 0.25) is 0 Å². The van der Waals surface area contributed by atoms with Gasteiger partial charge in [0.15, 0.2) is 5.78 Å². The zero-order chi connectivity index (χ0) is 7.78. The number of hydrogen-bond donors (Lipinski definition) is 1. The number of carbonyl (C=O) groups excluding carboxylic acids is 1. The van der Waals surface area contributed by atoms with Crippen LogP contribution in [0.1, 0.15) is 26.7 Å². The Morgan fingerprint density at radius 1 is 1.60 bits per heavy atom. The molecule has 0 saturated carbocycles. The molecule has 0 aromatic rings. The molecule has 0 saturated heterocycles. The van der Waals surface area contributed by atoms with E-state index in [9.17, 15) is 4.79 Å². The number of rotatable bonds is 0. The highest BCUT2D eigenvalue weighted by Gasteiger charge is 2.28. The third-order valence-electron chi connectivity index (χ3n) is 2.02. The molecule has 0 fully saturated rings. The zero-order valence-electron chi connectivity index (χ0n) is 6.48. The van der Waals surface area contributed by atoms with Gasteiger partial charge in [-0.25, -0.2) is 0 Å². The van der Waals surface area contributed by atoms with Crippen molar-refractivity contribution >= 4 is 5.78 Å². The summed E-state index contributed by atoms with van der Waals surface area (Å²) in [4.78, 5) is 11.2. The van der Waals surface area contributed by atoms with E-state index >= 15 is 0 Å². The Bertz CT molecular complexity index is 191. The first kappa shape index (κ1) is 7.32. The van der Waals surface area contributed by atoms with Crippen LogP contribution in [0.15, 0.2) is 11.8 Å². The molecule has 0 spiro atoms. The second kappa shape index (κ2) is 2.11. The van der Waals surface area contributed by atoms with Crippen LogP contribution in [-0.2, 0) is 4.79 Å². The minimum absolute atomic E-state index is 0.163. The average molecular weight is 139 g/mol. The molecule has 2 N–H and O–H groups in total. The van der Waals surface area contributed by atoms with E-state index in [2.05, 4.69) is 0 Å². The highest BCUT2D eigenvalue weighted by atomic mass is 16.1. The molecule has 1 aliphatic rings. The molecule has 1 aliphatic carbocycles. The summed E-state index contributed by atoms with van der Waals surface area (Å²) < 4.78 is 0. The van der Waals surface area contributed by atoms with Crippen molar-refractivity contribution in [3.8, 4) is 0 Å². The predicted octanol–water partition coefficient (Wildman–Crippen LogP) is 1.22. The maximum atomic E-state index is 11.2. The molecule has 0 aromatic carbocycles. The second-order valence-corrected chi connectivity index (χ2v) is 3.47. The van der Waals surface area contributed by atoms with E-state index < -0.39 is 0 Å². The monoisotopic (exact) mass is 139 g/mol. The van der Waals surface area contributed by atoms with Gasteiger partial charge in [-0.15, -0.1) is 0 Å². The quantitative estimate of drug-likeness (QED) is 0.548. The fraction of sp³-hybridized carbons (Fsp3) is 0.625. The fourth-order valence-corrected chi connectivity index (χ4v) is 1.02. The molecule has 56 valence electrons. The van der Waals surface area contributed by atoms with Crippen molar-refractivity contribution in [2.75, 3.05) is 0 Å². The number of hydrogen-bond acceptors (Lipinski definition) is 2. The van der Waals surface area contributed by atoms with Crippen LogP contribution in [0.3, 0.4) is 0 Å². The zero-order valence-corrected chi connectivity index (χ0v) is 6.48. The minimum Gasteiger partial charge on any atom is -0.402 e. The van der Waals surface area contributed by atoms with Crippen molar-refractivity contribution in [3.05, 3.63) is 11.8 Å². The van der Waals surface area contributed by atoms with Crippen molar-refractivity contribution in [3.63, 3.8) is 0 Å². The maximum absolute atomic E-state index is 11.2. The van der Waals surface area contributed by atoms with Crippen molar-refractivity contribution in [1.82, 2.24) is 0 Å². The normalized spacial score (nSPS) is 24.2. The molecular formula is C8H13NO. The second-order valence-electron chi connectivity index (χ2n) is 3.47. The number of carbonyl (C=O) groups is 1. The van der Waals surface area contributed by atoms with Crippen molar-refractivity contribution in [2.24, 2.45) is 11.1 Å². The smallest absolute Gasteiger partial charge is 0.162 e. The van der Waals surface area contributed by atoms with Gasteiger partial charge in [-0.2, -0.15) is 0 Å². The highest BCUT2D eigenvalue weighted by Crippen LogP contribution is 2.29. The third-order valence-corrected chi connectivity index (χ3v) is 2.02. The van der Waals surface area contributed by atoms with Crippen LogP contribution in [0.4, 0.5) is 0 Å². The molecule has 2 heteroatoms. The first-order valence-corrected chi connectivity index (χ1v) is 3.53. The maximum Gasteiger partial charge on any atom is 0.162 e. The lowest BCUT2D eigenvalue weighted by Gasteiger charge is -2.25. The van der Waals surface area contributed by atoms with Crippen LogP contribution in [0, 0.1) is 5.41 Å². The molecule has 0 aliphatic heterocycles. The summed E-state index contributed by atoms with van der Waals surface area (Å²) in [6.45, 7) is 3.91. The lowest BCUT2D eigenvalue weighted by atomic mass is 9.79.